The van der Waals surface area contributed by atoms with Crippen LogP contribution < -0.4 is 4.74 Å². The fourth-order valence-corrected chi connectivity index (χ4v) is 1.49. The summed E-state index contributed by atoms with van der Waals surface area (Å²) in [6, 6.07) is 15.5. The van der Waals surface area contributed by atoms with Gasteiger partial charge in [-0.1, -0.05) is 6.58 Å². The van der Waals surface area contributed by atoms with Crippen molar-refractivity contribution >= 4 is 17.3 Å². The summed E-state index contributed by atoms with van der Waals surface area (Å²) in [6.07, 6.45) is 0. The molecular weight excluding hydrogens is 278 g/mol. The van der Waals surface area contributed by atoms with E-state index in [1.165, 1.54) is 0 Å². The van der Waals surface area contributed by atoms with Crippen molar-refractivity contribution in [2.75, 3.05) is 0 Å². The highest BCUT2D eigenvalue weighted by Crippen LogP contribution is 2.21. The first-order chi connectivity index (χ1) is 10.6. The lowest BCUT2D eigenvalue weighted by Crippen LogP contribution is -2.07. The molecule has 0 radical (unpaired) electrons. The van der Waals surface area contributed by atoms with Crippen LogP contribution in [0.2, 0.25) is 0 Å². The fraction of sp³-hybridized carbons (Fsp3) is 0.0588. The van der Waals surface area contributed by atoms with Gasteiger partial charge < -0.3 is 4.74 Å². The lowest BCUT2D eigenvalue weighted by Gasteiger charge is -2.03. The Bertz CT molecular complexity index is 754. The van der Waals surface area contributed by atoms with Crippen LogP contribution in [-0.4, -0.2) is 5.97 Å². The quantitative estimate of drug-likeness (QED) is 0.361. The van der Waals surface area contributed by atoms with Gasteiger partial charge >= 0.3 is 5.97 Å². The molecule has 2 rings (SSSR count). The zero-order valence-electron chi connectivity index (χ0n) is 12.0. The summed E-state index contributed by atoms with van der Waals surface area (Å²) >= 11 is 0. The lowest BCUT2D eigenvalue weighted by atomic mass is 10.2. The van der Waals surface area contributed by atoms with Crippen LogP contribution in [0.3, 0.4) is 0 Å². The van der Waals surface area contributed by atoms with Crippen molar-refractivity contribution in [3.05, 3.63) is 66.2 Å². The molecule has 5 heteroatoms. The summed E-state index contributed by atoms with van der Waals surface area (Å²) in [5, 5.41) is 16.8. The smallest absolute Gasteiger partial charge is 0.338 e. The van der Waals surface area contributed by atoms with Crippen molar-refractivity contribution in [1.82, 2.24) is 0 Å². The van der Waals surface area contributed by atoms with Crippen LogP contribution in [0.25, 0.3) is 0 Å². The van der Waals surface area contributed by atoms with E-state index in [9.17, 15) is 4.79 Å². The van der Waals surface area contributed by atoms with Gasteiger partial charge in [-0.05, 0) is 55.5 Å². The molecule has 0 amide bonds. The molecule has 0 saturated heterocycles. The van der Waals surface area contributed by atoms with Crippen molar-refractivity contribution in [2.45, 2.75) is 6.92 Å². The number of hydrogen-bond donors (Lipinski definition) is 0. The maximum Gasteiger partial charge on any atom is 0.338 e. The van der Waals surface area contributed by atoms with Crippen molar-refractivity contribution in [3.63, 3.8) is 0 Å². The third-order valence-corrected chi connectivity index (χ3v) is 2.67. The van der Waals surface area contributed by atoms with Gasteiger partial charge in [-0.15, -0.1) is 0 Å². The molecule has 108 valence electrons. The Labute approximate surface area is 128 Å². The van der Waals surface area contributed by atoms with E-state index in [0.717, 1.165) is 0 Å². The Morgan fingerprint density at radius 3 is 2.00 bits per heavy atom. The van der Waals surface area contributed by atoms with Gasteiger partial charge in [0.05, 0.1) is 23.0 Å². The van der Waals surface area contributed by atoms with Crippen molar-refractivity contribution in [1.29, 1.82) is 5.26 Å². The topological polar surface area (TPSA) is 74.8 Å². The summed E-state index contributed by atoms with van der Waals surface area (Å²) in [6.45, 7) is 5.10. The summed E-state index contributed by atoms with van der Waals surface area (Å²) in [5.74, 6) is -0.0442. The molecule has 0 unspecified atom stereocenters. The number of ether oxygens (including phenoxy) is 1. The Morgan fingerprint density at radius 1 is 1.05 bits per heavy atom. The number of hydrogen-bond acceptors (Lipinski definition) is 5. The summed E-state index contributed by atoms with van der Waals surface area (Å²) in [7, 11) is 0. The van der Waals surface area contributed by atoms with Gasteiger partial charge in [-0.3, -0.25) is 0 Å². The zero-order chi connectivity index (χ0) is 15.9. The van der Waals surface area contributed by atoms with Crippen LogP contribution in [0, 0.1) is 11.3 Å². The van der Waals surface area contributed by atoms with Gasteiger partial charge in [0.25, 0.3) is 0 Å². The van der Waals surface area contributed by atoms with Crippen LogP contribution in [-0.2, 0) is 4.79 Å². The van der Waals surface area contributed by atoms with E-state index in [1.54, 1.807) is 55.5 Å². The maximum absolute atomic E-state index is 11.4. The van der Waals surface area contributed by atoms with Crippen LogP contribution >= 0.6 is 0 Å². The molecule has 22 heavy (non-hydrogen) atoms. The standard InChI is InChI=1S/C17H13N3O2/c1-12(2)17(21)22-16-9-7-15(8-10-16)20-19-14-5-3-13(11-18)4-6-14/h3-10H,1H2,2H3/b20-19+. The summed E-state index contributed by atoms with van der Waals surface area (Å²) in [4.78, 5) is 11.4. The lowest BCUT2D eigenvalue weighted by molar-refractivity contribution is -0.130. The number of carbonyl (C=O) groups excluding carboxylic acids is 1. The minimum atomic E-state index is -0.466. The normalized spacial score (nSPS) is 10.2. The van der Waals surface area contributed by atoms with Crippen LogP contribution in [0.4, 0.5) is 11.4 Å². The maximum atomic E-state index is 11.4. The second-order valence-electron chi connectivity index (χ2n) is 4.52. The van der Waals surface area contributed by atoms with Gasteiger partial charge in [0.15, 0.2) is 0 Å². The minimum Gasteiger partial charge on any atom is -0.423 e. The Morgan fingerprint density at radius 2 is 1.55 bits per heavy atom. The van der Waals surface area contributed by atoms with E-state index in [2.05, 4.69) is 16.8 Å². The van der Waals surface area contributed by atoms with Gasteiger partial charge in [0.1, 0.15) is 5.75 Å². The molecule has 0 aliphatic heterocycles. The van der Waals surface area contributed by atoms with Crippen LogP contribution in [0.5, 0.6) is 5.75 Å². The molecule has 0 bridgehead atoms. The predicted octanol–water partition coefficient (Wildman–Crippen LogP) is 4.46. The van der Waals surface area contributed by atoms with E-state index in [1.807, 2.05) is 6.07 Å². The third-order valence-electron chi connectivity index (χ3n) is 2.67. The van der Waals surface area contributed by atoms with Crippen LogP contribution in [0.15, 0.2) is 70.9 Å². The molecular formula is C17H13N3O2. The van der Waals surface area contributed by atoms with Crippen molar-refractivity contribution in [2.24, 2.45) is 10.2 Å². The van der Waals surface area contributed by atoms with E-state index < -0.39 is 5.97 Å². The molecule has 0 saturated carbocycles. The first kappa shape index (κ1) is 15.1. The molecule has 0 atom stereocenters. The second kappa shape index (κ2) is 6.95. The predicted molar refractivity (Wildman–Crippen MR) is 82.2 cm³/mol. The SMILES string of the molecule is C=C(C)C(=O)Oc1ccc(/N=N/c2ccc(C#N)cc2)cc1. The number of esters is 1. The molecule has 0 aliphatic rings. The summed E-state index contributed by atoms with van der Waals surface area (Å²) in [5.41, 5.74) is 2.18. The molecule has 0 aromatic heterocycles. The van der Waals surface area contributed by atoms with E-state index in [-0.39, 0.29) is 0 Å². The fourth-order valence-electron chi connectivity index (χ4n) is 1.49. The molecule has 5 nitrogen and oxygen atoms in total. The second-order valence-corrected chi connectivity index (χ2v) is 4.52. The molecule has 0 heterocycles. The number of azo groups is 1. The Kier molecular flexibility index (Phi) is 4.78. The van der Waals surface area contributed by atoms with Crippen molar-refractivity contribution in [3.8, 4) is 11.8 Å². The summed E-state index contributed by atoms with van der Waals surface area (Å²) < 4.78 is 5.08. The van der Waals surface area contributed by atoms with Gasteiger partial charge in [-0.25, -0.2) is 4.79 Å². The highest BCUT2D eigenvalue weighted by atomic mass is 16.5. The monoisotopic (exact) mass is 291 g/mol. The van der Waals surface area contributed by atoms with Crippen LogP contribution in [0.1, 0.15) is 12.5 Å². The number of benzene rings is 2. The molecule has 0 aliphatic carbocycles. The number of carbonyl (C=O) groups is 1. The highest BCUT2D eigenvalue weighted by Gasteiger charge is 2.04. The minimum absolute atomic E-state index is 0.338. The zero-order valence-corrected chi connectivity index (χ0v) is 12.0. The molecule has 0 fully saturated rings. The first-order valence-electron chi connectivity index (χ1n) is 6.48. The highest BCUT2D eigenvalue weighted by molar-refractivity contribution is 5.88. The van der Waals surface area contributed by atoms with E-state index in [0.29, 0.717) is 28.3 Å². The van der Waals surface area contributed by atoms with Crippen molar-refractivity contribution < 1.29 is 9.53 Å². The molecule has 2 aromatic rings. The van der Waals surface area contributed by atoms with E-state index >= 15 is 0 Å². The van der Waals surface area contributed by atoms with Gasteiger partial charge in [-0.2, -0.15) is 15.5 Å². The van der Waals surface area contributed by atoms with Gasteiger partial charge in [0, 0.05) is 5.57 Å². The molecule has 0 N–H and O–H groups in total. The Balaban J connectivity index is 2.04. The Hall–Kier alpha value is -3.26. The average Bonchev–Trinajstić information content (AvgIpc) is 2.54. The average molecular weight is 291 g/mol. The first-order valence-corrected chi connectivity index (χ1v) is 6.48. The number of nitrogens with zero attached hydrogens (tertiary/aromatic N) is 3. The number of nitriles is 1. The third kappa shape index (κ3) is 4.12. The van der Waals surface area contributed by atoms with E-state index in [4.69, 9.17) is 10.00 Å². The largest absolute Gasteiger partial charge is 0.423 e. The van der Waals surface area contributed by atoms with Gasteiger partial charge in [0.2, 0.25) is 0 Å². The molecule has 0 spiro atoms. The number of rotatable bonds is 4. The molecule has 2 aromatic carbocycles.